The first-order valence-corrected chi connectivity index (χ1v) is 21.5. The number of nitrogens with zero attached hydrogens (tertiary/aromatic N) is 7. The Kier molecular flexibility index (Phi) is 13.5. The number of carbonyl (C=O) groups is 2. The van der Waals surface area contributed by atoms with Gasteiger partial charge in [0.05, 0.1) is 50.7 Å². The van der Waals surface area contributed by atoms with Crippen LogP contribution in [0.4, 0.5) is 23.5 Å². The van der Waals surface area contributed by atoms with Gasteiger partial charge in [0.25, 0.3) is 5.91 Å². The maximum atomic E-state index is 13.0. The number of aromatic carboxylic acids is 1. The molecule has 0 radical (unpaired) electrons. The monoisotopic (exact) mass is 898 g/mol. The van der Waals surface area contributed by atoms with E-state index >= 15 is 0 Å². The summed E-state index contributed by atoms with van der Waals surface area (Å²) in [5, 5.41) is 57.7. The van der Waals surface area contributed by atoms with E-state index in [1.165, 1.54) is 12.4 Å². The fourth-order valence-electron chi connectivity index (χ4n) is 8.48. The first-order chi connectivity index (χ1) is 30.6. The van der Waals surface area contributed by atoms with Gasteiger partial charge in [-0.3, -0.25) is 9.78 Å². The Hall–Kier alpha value is -5.69. The number of carboxylic acids is 1. The lowest BCUT2D eigenvalue weighted by atomic mass is 10.1. The summed E-state index contributed by atoms with van der Waals surface area (Å²) in [6, 6.07) is 16.2. The van der Waals surface area contributed by atoms with Crippen molar-refractivity contribution in [2.75, 3.05) is 46.7 Å². The number of aromatic nitrogens is 5. The van der Waals surface area contributed by atoms with Crippen molar-refractivity contribution in [3.8, 4) is 0 Å². The van der Waals surface area contributed by atoms with Crippen molar-refractivity contribution in [2.24, 2.45) is 23.7 Å². The second kappa shape index (κ2) is 19.4. The van der Waals surface area contributed by atoms with Crippen molar-refractivity contribution >= 4 is 58.6 Å². The first kappa shape index (κ1) is 43.9. The molecule has 6 atom stereocenters. The van der Waals surface area contributed by atoms with Crippen LogP contribution in [0.15, 0.2) is 73.2 Å². The molecule has 9 rings (SSSR count). The Bertz CT molecular complexity index is 2450. The highest BCUT2D eigenvalue weighted by atomic mass is 35.5. The number of amides is 1. The number of hydrogen-bond acceptors (Lipinski definition) is 15. The zero-order chi connectivity index (χ0) is 44.2. The summed E-state index contributed by atoms with van der Waals surface area (Å²) < 4.78 is 0. The highest BCUT2D eigenvalue weighted by Crippen LogP contribution is 2.51. The van der Waals surface area contributed by atoms with Crippen molar-refractivity contribution < 1.29 is 35.1 Å². The lowest BCUT2D eigenvalue weighted by molar-refractivity contribution is 0.0696. The third-order valence-electron chi connectivity index (χ3n) is 12.2. The minimum atomic E-state index is -1.12. The number of carboxylic acid groups (broad SMARTS) is 1. The lowest BCUT2D eigenvalue weighted by Gasteiger charge is -2.26. The summed E-state index contributed by atoms with van der Waals surface area (Å²) in [5.41, 5.74) is 4.02. The molecule has 0 spiro atoms. The normalized spacial score (nSPS) is 21.5. The highest BCUT2D eigenvalue weighted by Gasteiger charge is 2.54. The number of halogens is 2. The molecule has 0 bridgehead atoms. The number of piperidine rings is 2. The number of fused-ring (bicyclic) bond motifs is 2. The van der Waals surface area contributed by atoms with Gasteiger partial charge in [-0.15, -0.1) is 0 Å². The molecule has 19 heteroatoms. The number of rotatable bonds is 16. The average molecular weight is 900 g/mol. The number of pyridine rings is 1. The smallest absolute Gasteiger partial charge is 0.341 e. The van der Waals surface area contributed by atoms with E-state index in [9.17, 15) is 35.1 Å². The third-order valence-corrected chi connectivity index (χ3v) is 12.9. The van der Waals surface area contributed by atoms with E-state index in [1.54, 1.807) is 30.5 Å². The van der Waals surface area contributed by atoms with Crippen LogP contribution in [0.2, 0.25) is 10.0 Å². The van der Waals surface area contributed by atoms with Gasteiger partial charge >= 0.3 is 5.97 Å². The summed E-state index contributed by atoms with van der Waals surface area (Å²) >= 11 is 12.4. The molecule has 2 saturated carbocycles. The van der Waals surface area contributed by atoms with Crippen molar-refractivity contribution in [2.45, 2.75) is 57.8 Å². The number of hydrogen-bond donors (Lipinski definition) is 8. The SMILES string of the molecule is O=C(NCc1ccccn1)c1cnc(N2CC3CC3C2CO)nc1NCc1ccc(CO)c(Cl)c1.O=C(O)c1cnc(N2CC3CC3C2CO)nc1NCc1ccc(CO)c(Cl)c1. The van der Waals surface area contributed by atoms with Gasteiger partial charge in [0.15, 0.2) is 0 Å². The van der Waals surface area contributed by atoms with E-state index < -0.39 is 5.97 Å². The van der Waals surface area contributed by atoms with Crippen molar-refractivity contribution in [3.05, 3.63) is 122 Å². The van der Waals surface area contributed by atoms with Crippen LogP contribution in [0.25, 0.3) is 0 Å². The van der Waals surface area contributed by atoms with E-state index in [0.29, 0.717) is 81.2 Å². The number of aliphatic hydroxyl groups excluding tert-OH is 4. The number of nitrogens with one attached hydrogen (secondary N) is 3. The minimum absolute atomic E-state index is 0.00140. The second-order valence-corrected chi connectivity index (χ2v) is 17.0. The molecule has 4 fully saturated rings. The number of anilines is 4. The summed E-state index contributed by atoms with van der Waals surface area (Å²) in [4.78, 5) is 50.7. The molecule has 1 amide bonds. The molecule has 8 N–H and O–H groups in total. The predicted octanol–water partition coefficient (Wildman–Crippen LogP) is 4.13. The third kappa shape index (κ3) is 9.93. The molecule has 2 aliphatic heterocycles. The van der Waals surface area contributed by atoms with Gasteiger partial charge in [-0.05, 0) is 83.0 Å². The molecule has 4 aliphatic rings. The van der Waals surface area contributed by atoms with Gasteiger partial charge in [0.1, 0.15) is 22.8 Å². The molecule has 5 heterocycles. The van der Waals surface area contributed by atoms with Gasteiger partial charge in [-0.25, -0.2) is 14.8 Å². The molecule has 2 aromatic carbocycles. The lowest BCUT2D eigenvalue weighted by Crippen LogP contribution is -2.37. The van der Waals surface area contributed by atoms with Crippen LogP contribution in [0.1, 0.15) is 61.5 Å². The topological polar surface area (TPSA) is 242 Å². The Balaban J connectivity index is 0.000000177. The zero-order valence-electron chi connectivity index (χ0n) is 34.1. The van der Waals surface area contributed by atoms with Gasteiger partial charge in [0.2, 0.25) is 11.9 Å². The van der Waals surface area contributed by atoms with Crippen LogP contribution in [-0.2, 0) is 32.8 Å². The van der Waals surface area contributed by atoms with Crippen molar-refractivity contribution in [1.82, 2.24) is 30.2 Å². The number of aliphatic hydroxyl groups is 4. The summed E-state index contributed by atoms with van der Waals surface area (Å²) in [5.74, 6) is 2.17. The second-order valence-electron chi connectivity index (χ2n) is 16.2. The van der Waals surface area contributed by atoms with Crippen LogP contribution >= 0.6 is 23.2 Å². The first-order valence-electron chi connectivity index (χ1n) is 20.7. The minimum Gasteiger partial charge on any atom is -0.477 e. The highest BCUT2D eigenvalue weighted by molar-refractivity contribution is 6.31. The maximum absolute atomic E-state index is 13.0. The number of benzene rings is 2. The Morgan fingerprint density at radius 3 is 1.67 bits per heavy atom. The summed E-state index contributed by atoms with van der Waals surface area (Å²) in [7, 11) is 0. The van der Waals surface area contributed by atoms with E-state index in [-0.39, 0.29) is 62.3 Å². The average Bonchev–Trinajstić information content (AvgIpc) is 4.19. The zero-order valence-corrected chi connectivity index (χ0v) is 35.6. The fraction of sp³-hybridized carbons (Fsp3) is 0.386. The van der Waals surface area contributed by atoms with Crippen LogP contribution in [0, 0.1) is 23.7 Å². The van der Waals surface area contributed by atoms with Crippen LogP contribution in [0.5, 0.6) is 0 Å². The number of carbonyl (C=O) groups excluding carboxylic acids is 1. The van der Waals surface area contributed by atoms with E-state index in [1.807, 2.05) is 40.1 Å². The van der Waals surface area contributed by atoms with Crippen molar-refractivity contribution in [1.29, 1.82) is 0 Å². The van der Waals surface area contributed by atoms with Gasteiger partial charge in [-0.2, -0.15) is 9.97 Å². The molecule has 3 aromatic heterocycles. The molecule has 2 aliphatic carbocycles. The van der Waals surface area contributed by atoms with Crippen LogP contribution < -0.4 is 25.8 Å². The molecule has 63 heavy (non-hydrogen) atoms. The maximum Gasteiger partial charge on any atom is 0.341 e. The molecular weight excluding hydrogens is 851 g/mol. The van der Waals surface area contributed by atoms with E-state index in [0.717, 1.165) is 42.8 Å². The predicted molar refractivity (Wildman–Crippen MR) is 235 cm³/mol. The Morgan fingerprint density at radius 2 is 1.21 bits per heavy atom. The largest absolute Gasteiger partial charge is 0.477 e. The van der Waals surface area contributed by atoms with Crippen LogP contribution in [0.3, 0.4) is 0 Å². The van der Waals surface area contributed by atoms with Crippen LogP contribution in [-0.4, -0.2) is 101 Å². The Morgan fingerprint density at radius 1 is 0.683 bits per heavy atom. The summed E-state index contributed by atoms with van der Waals surface area (Å²) in [6.07, 6.45) is 6.75. The standard InChI is InChI=1S/C25H27ClN6O3.C19H21ClN4O4/c26-21-7-15(4-5-16(21)13-33)9-28-23-20(24(35)29-10-18-3-1-2-6-27-18)11-30-25(31-23)32-12-17-8-19(17)22(32)14-34;20-15-3-10(1-2-11(15)8-25)5-21-17-14(18(27)28)6-22-19(23-17)24-7-12-4-13(12)16(24)9-26/h1-7,11,17,19,22,33-34H,8-10,12-14H2,(H,29,35)(H,28,30,31);1-3,6,12-13,16,25-26H,4-5,7-9H2,(H,27,28)(H,21,22,23). The Labute approximate surface area is 373 Å². The molecule has 330 valence electrons. The fourth-order valence-corrected chi connectivity index (χ4v) is 9.01. The van der Waals surface area contributed by atoms with E-state index in [4.69, 9.17) is 28.2 Å². The van der Waals surface area contributed by atoms with E-state index in [2.05, 4.69) is 35.9 Å². The molecular formula is C44H48Cl2N10O7. The molecule has 17 nitrogen and oxygen atoms in total. The quantitative estimate of drug-likeness (QED) is 0.0695. The van der Waals surface area contributed by atoms with Gasteiger partial charge < -0.3 is 51.3 Å². The molecule has 6 unspecified atom stereocenters. The van der Waals surface area contributed by atoms with Crippen molar-refractivity contribution in [3.63, 3.8) is 0 Å². The van der Waals surface area contributed by atoms with Gasteiger partial charge in [-0.1, -0.05) is 53.5 Å². The molecule has 5 aromatic rings. The molecule has 2 saturated heterocycles. The summed E-state index contributed by atoms with van der Waals surface area (Å²) in [6.45, 7) is 2.36. The van der Waals surface area contributed by atoms with Gasteiger partial charge in [0, 0.05) is 54.8 Å².